The van der Waals surface area contributed by atoms with Gasteiger partial charge in [0.1, 0.15) is 5.60 Å². The molecule has 1 saturated carbocycles. The molecule has 2 aromatic heterocycles. The number of carbonyl (C=O) groups is 2. The minimum absolute atomic E-state index is 0.0407. The number of aryl methyl sites for hydroxylation is 1. The third kappa shape index (κ3) is 5.82. The summed E-state index contributed by atoms with van der Waals surface area (Å²) in [5.74, 6) is -3.33. The molecule has 5 rings (SSSR count). The highest BCUT2D eigenvalue weighted by molar-refractivity contribution is 5.89. The number of hydrogen-bond acceptors (Lipinski definition) is 7. The lowest BCUT2D eigenvalue weighted by atomic mass is 9.81. The van der Waals surface area contributed by atoms with Crippen LogP contribution in [0, 0.1) is 5.92 Å². The maximum absolute atomic E-state index is 13.4. The first-order valence-electron chi connectivity index (χ1n) is 11.4. The highest BCUT2D eigenvalue weighted by Crippen LogP contribution is 2.47. The van der Waals surface area contributed by atoms with E-state index >= 15 is 0 Å². The number of hydrogen-bond donors (Lipinski definition) is 0. The minimum Gasteiger partial charge on any atom is -0.444 e. The van der Waals surface area contributed by atoms with E-state index in [2.05, 4.69) is 19.9 Å². The fourth-order valence-corrected chi connectivity index (χ4v) is 4.47. The predicted molar refractivity (Wildman–Crippen MR) is 115 cm³/mol. The van der Waals surface area contributed by atoms with Gasteiger partial charge in [0.05, 0.1) is 11.7 Å². The van der Waals surface area contributed by atoms with Gasteiger partial charge in [-0.15, -0.1) is 0 Å². The quantitative estimate of drug-likeness (QED) is 0.508. The molecule has 0 radical (unpaired) electrons. The Morgan fingerprint density at radius 2 is 1.57 bits per heavy atom. The summed E-state index contributed by atoms with van der Waals surface area (Å²) in [7, 11) is 0. The van der Waals surface area contributed by atoms with Gasteiger partial charge >= 0.3 is 18.4 Å². The van der Waals surface area contributed by atoms with Crippen molar-refractivity contribution in [1.29, 1.82) is 0 Å². The lowest BCUT2D eigenvalue weighted by molar-refractivity contribution is -0.145. The van der Waals surface area contributed by atoms with Crippen molar-refractivity contribution in [2.75, 3.05) is 0 Å². The number of nitrogens with zero attached hydrogens (tertiary/aromatic N) is 5. The largest absolute Gasteiger partial charge is 0.451 e. The Morgan fingerprint density at radius 1 is 0.973 bits per heavy atom. The van der Waals surface area contributed by atoms with Gasteiger partial charge in [-0.1, -0.05) is 0 Å². The first kappa shape index (κ1) is 26.7. The molecule has 200 valence electrons. The summed E-state index contributed by atoms with van der Waals surface area (Å²) < 4.78 is 83.9. The second-order valence-electron chi connectivity index (χ2n) is 10.0. The van der Waals surface area contributed by atoms with Crippen molar-refractivity contribution in [2.45, 2.75) is 76.5 Å². The number of ether oxygens (including phenoxy) is 1. The first-order chi connectivity index (χ1) is 17.0. The van der Waals surface area contributed by atoms with Crippen molar-refractivity contribution >= 4 is 11.9 Å². The van der Waals surface area contributed by atoms with Gasteiger partial charge in [-0.25, -0.2) is 24.7 Å². The number of Topliss-reactive ketones (excluding diaryl/α,β-unsaturated/α-hetero) is 1. The smallest absolute Gasteiger partial charge is 0.444 e. The second-order valence-corrected chi connectivity index (χ2v) is 10.0. The Morgan fingerprint density at radius 3 is 2.11 bits per heavy atom. The van der Waals surface area contributed by atoms with Crippen LogP contribution in [0.5, 0.6) is 0 Å². The molecule has 2 saturated heterocycles. The van der Waals surface area contributed by atoms with Gasteiger partial charge in [-0.05, 0) is 52.0 Å². The lowest BCUT2D eigenvalue weighted by Gasteiger charge is -2.29. The van der Waals surface area contributed by atoms with E-state index in [0.29, 0.717) is 12.8 Å². The van der Waals surface area contributed by atoms with Crippen LogP contribution in [0.3, 0.4) is 0 Å². The molecule has 0 N–H and O–H groups in total. The molecule has 4 heterocycles. The Bertz CT molecular complexity index is 1190. The fourth-order valence-electron chi connectivity index (χ4n) is 4.47. The maximum atomic E-state index is 13.4. The molecule has 0 aromatic carbocycles. The summed E-state index contributed by atoms with van der Waals surface area (Å²) in [6.07, 6.45) is -8.03. The topological polar surface area (TPSA) is 98.2 Å². The molecule has 2 bridgehead atoms. The van der Waals surface area contributed by atoms with Crippen LogP contribution in [0.1, 0.15) is 57.4 Å². The summed E-state index contributed by atoms with van der Waals surface area (Å²) in [6, 6.07) is 0.303. The number of amides is 1. The van der Waals surface area contributed by atoms with E-state index in [1.165, 1.54) is 4.90 Å². The van der Waals surface area contributed by atoms with Crippen molar-refractivity contribution < 1.29 is 40.7 Å². The first-order valence-corrected chi connectivity index (χ1v) is 11.4. The van der Waals surface area contributed by atoms with Crippen molar-refractivity contribution in [3.8, 4) is 11.3 Å². The summed E-state index contributed by atoms with van der Waals surface area (Å²) in [5.41, 5.74) is -1.41. The number of carbonyl (C=O) groups excluding carboxylic acids is 2. The summed E-state index contributed by atoms with van der Waals surface area (Å²) in [4.78, 5) is 40.4. The average molecular weight is 531 g/mol. The van der Waals surface area contributed by atoms with Gasteiger partial charge in [0.25, 0.3) is 0 Å². The summed E-state index contributed by atoms with van der Waals surface area (Å²) in [5, 5.41) is 0. The Hall–Kier alpha value is -3.32. The van der Waals surface area contributed by atoms with Crippen LogP contribution in [0.2, 0.25) is 0 Å². The van der Waals surface area contributed by atoms with Gasteiger partial charge in [-0.3, -0.25) is 9.69 Å². The van der Waals surface area contributed by atoms with Gasteiger partial charge in [0.2, 0.25) is 11.6 Å². The third-order valence-electron chi connectivity index (χ3n) is 6.08. The standard InChI is InChI=1S/C23H23F6N5O3/c1-21(2,3)37-20(36)34-14-6-11(7-14)17(34)16(35)5-4-13-8-15(33-19(32-13)23(27,28)29)12-9-30-18(31-10-12)22(24,25)26/h8-11,14,17H,4-7H2,1-3H3. The molecule has 8 nitrogen and oxygen atoms in total. The van der Waals surface area contributed by atoms with E-state index in [0.717, 1.165) is 18.5 Å². The zero-order valence-electron chi connectivity index (χ0n) is 20.0. The number of aromatic nitrogens is 4. The highest BCUT2D eigenvalue weighted by atomic mass is 19.4. The highest BCUT2D eigenvalue weighted by Gasteiger charge is 2.56. The maximum Gasteiger partial charge on any atom is 0.451 e. The van der Waals surface area contributed by atoms with Crippen molar-refractivity contribution in [1.82, 2.24) is 24.8 Å². The SMILES string of the molecule is CC(C)(C)OC(=O)N1C2CC(C2)C1C(=O)CCc1cc(-c2cnc(C(F)(F)F)nc2)nc(C(F)(F)F)n1. The van der Waals surface area contributed by atoms with Crippen LogP contribution in [-0.4, -0.2) is 54.4 Å². The Labute approximate surface area is 207 Å². The zero-order valence-corrected chi connectivity index (χ0v) is 20.0. The monoisotopic (exact) mass is 531 g/mol. The number of ketones is 1. The molecule has 37 heavy (non-hydrogen) atoms. The number of alkyl halides is 6. The predicted octanol–water partition coefficient (Wildman–Crippen LogP) is 4.87. The van der Waals surface area contributed by atoms with Crippen molar-refractivity contribution in [3.05, 3.63) is 35.8 Å². The molecular weight excluding hydrogens is 508 g/mol. The molecule has 3 fully saturated rings. The number of fused-ring (bicyclic) bond motifs is 1. The van der Waals surface area contributed by atoms with E-state index in [-0.39, 0.29) is 47.5 Å². The second kappa shape index (κ2) is 9.21. The van der Waals surface area contributed by atoms with E-state index in [1.54, 1.807) is 20.8 Å². The Balaban J connectivity index is 1.54. The Kier molecular flexibility index (Phi) is 6.65. The van der Waals surface area contributed by atoms with Gasteiger partial charge in [0, 0.05) is 36.1 Å². The number of halogens is 6. The molecule has 1 unspecified atom stereocenters. The molecule has 1 amide bonds. The zero-order chi connectivity index (χ0) is 27.3. The van der Waals surface area contributed by atoms with E-state index in [4.69, 9.17) is 4.74 Å². The van der Waals surface area contributed by atoms with Crippen LogP contribution in [0.15, 0.2) is 18.5 Å². The van der Waals surface area contributed by atoms with Crippen LogP contribution in [-0.2, 0) is 28.3 Å². The molecule has 14 heteroatoms. The molecule has 0 spiro atoms. The van der Waals surface area contributed by atoms with Gasteiger partial charge in [-0.2, -0.15) is 26.3 Å². The van der Waals surface area contributed by atoms with E-state index in [9.17, 15) is 35.9 Å². The van der Waals surface area contributed by atoms with E-state index in [1.807, 2.05) is 0 Å². The third-order valence-corrected chi connectivity index (χ3v) is 6.08. The molecule has 3 aliphatic rings. The number of rotatable bonds is 5. The van der Waals surface area contributed by atoms with Gasteiger partial charge in [0.15, 0.2) is 5.78 Å². The molecule has 1 atom stereocenters. The van der Waals surface area contributed by atoms with Crippen molar-refractivity contribution in [2.24, 2.45) is 5.92 Å². The molecule has 2 aliphatic heterocycles. The van der Waals surface area contributed by atoms with Crippen LogP contribution in [0.4, 0.5) is 31.1 Å². The minimum atomic E-state index is -4.94. The lowest BCUT2D eigenvalue weighted by Crippen LogP contribution is -2.44. The van der Waals surface area contributed by atoms with Crippen LogP contribution < -0.4 is 0 Å². The fraction of sp³-hybridized carbons (Fsp3) is 0.565. The summed E-state index contributed by atoms with van der Waals surface area (Å²) >= 11 is 0. The molecule has 2 aromatic rings. The molecular formula is C23H23F6N5O3. The van der Waals surface area contributed by atoms with Gasteiger partial charge < -0.3 is 4.74 Å². The van der Waals surface area contributed by atoms with Crippen LogP contribution in [0.25, 0.3) is 11.3 Å². The van der Waals surface area contributed by atoms with E-state index < -0.39 is 41.7 Å². The summed E-state index contributed by atoms with van der Waals surface area (Å²) in [6.45, 7) is 5.11. The van der Waals surface area contributed by atoms with Crippen LogP contribution >= 0.6 is 0 Å². The van der Waals surface area contributed by atoms with Crippen molar-refractivity contribution in [3.63, 3.8) is 0 Å². The normalized spacial score (nSPS) is 21.5. The molecule has 1 aliphatic carbocycles. The average Bonchev–Trinajstić information content (AvgIpc) is 3.32.